The highest BCUT2D eigenvalue weighted by Gasteiger charge is 2.87. The Bertz CT molecular complexity index is 618. The van der Waals surface area contributed by atoms with Gasteiger partial charge in [-0.05, 0) is 24.7 Å². The molecule has 1 saturated carbocycles. The van der Waals surface area contributed by atoms with Crippen LogP contribution in [0.15, 0.2) is 0 Å². The molecular formula is C13H20F6O4S2. The van der Waals surface area contributed by atoms with E-state index in [0.29, 0.717) is 12.8 Å². The van der Waals surface area contributed by atoms with Crippen LogP contribution in [0.5, 0.6) is 0 Å². The van der Waals surface area contributed by atoms with Gasteiger partial charge in [-0.15, -0.1) is 0 Å². The van der Waals surface area contributed by atoms with E-state index in [1.165, 1.54) is 0 Å². The predicted molar refractivity (Wildman–Crippen MR) is 78.7 cm³/mol. The highest BCUT2D eigenvalue weighted by atomic mass is 32.3. The highest BCUT2D eigenvalue weighted by molar-refractivity contribution is 8.11. The van der Waals surface area contributed by atoms with Gasteiger partial charge < -0.3 is 0 Å². The largest absolute Gasteiger partial charge is 0.498 e. The lowest BCUT2D eigenvalue weighted by Crippen LogP contribution is -2.49. The molecule has 0 radical (unpaired) electrons. The molecule has 0 aromatic rings. The molecule has 0 spiro atoms. The molecule has 0 aromatic carbocycles. The van der Waals surface area contributed by atoms with Gasteiger partial charge >= 0.3 is 11.0 Å². The van der Waals surface area contributed by atoms with Crippen molar-refractivity contribution in [2.75, 3.05) is 0 Å². The van der Waals surface area contributed by atoms with Crippen LogP contribution in [0.2, 0.25) is 0 Å². The van der Waals surface area contributed by atoms with Gasteiger partial charge in [-0.2, -0.15) is 26.3 Å². The molecule has 4 nitrogen and oxygen atoms in total. The van der Waals surface area contributed by atoms with Gasteiger partial charge in [-0.3, -0.25) is 0 Å². The second kappa shape index (κ2) is 6.90. The van der Waals surface area contributed by atoms with Crippen molar-refractivity contribution in [1.82, 2.24) is 0 Å². The minimum Gasteiger partial charge on any atom is -0.218 e. The molecule has 1 rings (SSSR count). The van der Waals surface area contributed by atoms with Crippen LogP contribution in [0, 0.1) is 11.8 Å². The number of hydrogen-bond acceptors (Lipinski definition) is 4. The molecule has 0 amide bonds. The first-order chi connectivity index (χ1) is 11.1. The molecule has 0 saturated heterocycles. The Hall–Kier alpha value is -0.520. The Morgan fingerprint density at radius 3 is 1.20 bits per heavy atom. The lowest BCUT2D eigenvalue weighted by atomic mass is 10.1. The molecule has 0 aromatic heterocycles. The number of hydrogen-bond donors (Lipinski definition) is 0. The van der Waals surface area contributed by atoms with Crippen LogP contribution in [0.4, 0.5) is 26.3 Å². The molecular weight excluding hydrogens is 398 g/mol. The van der Waals surface area contributed by atoms with Crippen molar-refractivity contribution in [1.29, 1.82) is 0 Å². The lowest BCUT2D eigenvalue weighted by molar-refractivity contribution is -0.0480. The zero-order valence-corrected chi connectivity index (χ0v) is 15.2. The Morgan fingerprint density at radius 1 is 0.720 bits per heavy atom. The fourth-order valence-corrected chi connectivity index (χ4v) is 8.47. The smallest absolute Gasteiger partial charge is 0.218 e. The first-order valence-corrected chi connectivity index (χ1v) is 10.7. The fraction of sp³-hybridized carbons (Fsp3) is 1.00. The monoisotopic (exact) mass is 418 g/mol. The maximum absolute atomic E-state index is 13.1. The van der Waals surface area contributed by atoms with Crippen LogP contribution in [0.3, 0.4) is 0 Å². The molecule has 1 aliphatic rings. The minimum atomic E-state index is -6.57. The normalized spacial score (nSPS) is 24.3. The maximum atomic E-state index is 13.1. The lowest BCUT2D eigenvalue weighted by Gasteiger charge is -2.22. The third-order valence-corrected chi connectivity index (χ3v) is 10.0. The van der Waals surface area contributed by atoms with E-state index < -0.39 is 46.6 Å². The highest BCUT2D eigenvalue weighted by Crippen LogP contribution is 2.68. The number of unbranched alkanes of at least 4 members (excludes halogenated alkanes) is 2. The topological polar surface area (TPSA) is 68.3 Å². The van der Waals surface area contributed by atoms with Crippen molar-refractivity contribution in [3.8, 4) is 0 Å². The third kappa shape index (κ3) is 3.28. The van der Waals surface area contributed by atoms with Crippen molar-refractivity contribution < 1.29 is 43.2 Å². The molecule has 0 N–H and O–H groups in total. The van der Waals surface area contributed by atoms with Crippen LogP contribution in [-0.4, -0.2) is 31.9 Å². The molecule has 0 bridgehead atoms. The molecule has 1 fully saturated rings. The van der Waals surface area contributed by atoms with Crippen molar-refractivity contribution >= 4 is 19.7 Å². The van der Waals surface area contributed by atoms with E-state index in [1.807, 2.05) is 0 Å². The fourth-order valence-electron chi connectivity index (χ4n) is 3.44. The summed E-state index contributed by atoms with van der Waals surface area (Å²) < 4.78 is 122. The molecule has 150 valence electrons. The van der Waals surface area contributed by atoms with Gasteiger partial charge in [0.25, 0.3) is 19.7 Å². The molecule has 0 heterocycles. The van der Waals surface area contributed by atoms with E-state index in [-0.39, 0.29) is 25.7 Å². The van der Waals surface area contributed by atoms with Crippen molar-refractivity contribution in [3.63, 3.8) is 0 Å². The van der Waals surface area contributed by atoms with Crippen molar-refractivity contribution in [2.24, 2.45) is 11.8 Å². The first-order valence-electron chi connectivity index (χ1n) is 7.76. The molecule has 0 aliphatic heterocycles. The molecule has 1 aliphatic carbocycles. The van der Waals surface area contributed by atoms with Gasteiger partial charge in [-0.1, -0.05) is 39.5 Å². The Kier molecular flexibility index (Phi) is 6.21. The Labute approximate surface area is 142 Å². The number of sulfone groups is 2. The number of alkyl halides is 6. The van der Waals surface area contributed by atoms with E-state index in [0.717, 1.165) is 0 Å². The van der Waals surface area contributed by atoms with Crippen molar-refractivity contribution in [2.45, 2.75) is 67.5 Å². The van der Waals surface area contributed by atoms with Crippen LogP contribution in [0.1, 0.15) is 52.4 Å². The predicted octanol–water partition coefficient (Wildman–Crippen LogP) is 4.18. The van der Waals surface area contributed by atoms with E-state index in [1.54, 1.807) is 13.8 Å². The summed E-state index contributed by atoms with van der Waals surface area (Å²) >= 11 is 0. The van der Waals surface area contributed by atoms with Crippen LogP contribution >= 0.6 is 0 Å². The van der Waals surface area contributed by atoms with Gasteiger partial charge in [-0.25, -0.2) is 16.8 Å². The number of halogens is 6. The van der Waals surface area contributed by atoms with Crippen molar-refractivity contribution in [3.05, 3.63) is 0 Å². The second-order valence-electron chi connectivity index (χ2n) is 6.12. The molecule has 0 unspecified atom stereocenters. The van der Waals surface area contributed by atoms with Gasteiger partial charge in [0, 0.05) is 0 Å². The average Bonchev–Trinajstić information content (AvgIpc) is 3.09. The minimum absolute atomic E-state index is 0.135. The Morgan fingerprint density at radius 2 is 1.00 bits per heavy atom. The quantitative estimate of drug-likeness (QED) is 0.555. The van der Waals surface area contributed by atoms with Crippen LogP contribution < -0.4 is 0 Å². The van der Waals surface area contributed by atoms with Gasteiger partial charge in [0.2, 0.25) is 0 Å². The van der Waals surface area contributed by atoms with E-state index >= 15 is 0 Å². The second-order valence-corrected chi connectivity index (χ2v) is 10.7. The average molecular weight is 418 g/mol. The summed E-state index contributed by atoms with van der Waals surface area (Å²) in [6.45, 7) is 3.23. The summed E-state index contributed by atoms with van der Waals surface area (Å²) in [5.41, 5.74) is -12.2. The van der Waals surface area contributed by atoms with Crippen LogP contribution in [-0.2, 0) is 19.7 Å². The SMILES string of the molecule is CCCC[C@@H]1[C@H](CCCC)C1(S(=O)(=O)C(F)(F)F)S(=O)(=O)C(F)(F)F. The summed E-state index contributed by atoms with van der Waals surface area (Å²) in [5.74, 6) is -3.42. The van der Waals surface area contributed by atoms with E-state index in [9.17, 15) is 43.2 Å². The van der Waals surface area contributed by atoms with Gasteiger partial charge in [0.15, 0.2) is 4.08 Å². The summed E-state index contributed by atoms with van der Waals surface area (Å²) in [6, 6.07) is 0. The summed E-state index contributed by atoms with van der Waals surface area (Å²) in [4.78, 5) is 0. The zero-order valence-electron chi connectivity index (χ0n) is 13.6. The van der Waals surface area contributed by atoms with Gasteiger partial charge in [0.05, 0.1) is 0 Å². The summed E-state index contributed by atoms with van der Waals surface area (Å²) in [7, 11) is -13.1. The Balaban J connectivity index is 3.65. The zero-order chi connectivity index (χ0) is 19.9. The maximum Gasteiger partial charge on any atom is 0.498 e. The summed E-state index contributed by atoms with van der Waals surface area (Å²) in [5, 5.41) is 0. The molecule has 2 atom stereocenters. The summed E-state index contributed by atoms with van der Waals surface area (Å²) in [6.07, 6.45) is 0.382. The first kappa shape index (κ1) is 22.5. The third-order valence-electron chi connectivity index (χ3n) is 4.60. The number of rotatable bonds is 8. The molecule has 12 heteroatoms. The van der Waals surface area contributed by atoms with Gasteiger partial charge in [0.1, 0.15) is 0 Å². The molecule has 25 heavy (non-hydrogen) atoms. The van der Waals surface area contributed by atoms with E-state index in [2.05, 4.69) is 0 Å². The van der Waals surface area contributed by atoms with Crippen LogP contribution in [0.25, 0.3) is 0 Å². The standard InChI is InChI=1S/C13H20F6O4S2/c1-3-5-7-9-10(8-6-4-2)11(9,24(20,21)12(14,15)16)25(22,23)13(17,18)19/h9-10H,3-8H2,1-2H3/t9-,10+. The van der Waals surface area contributed by atoms with E-state index in [4.69, 9.17) is 0 Å².